The van der Waals surface area contributed by atoms with Gasteiger partial charge in [-0.25, -0.2) is 4.98 Å². The van der Waals surface area contributed by atoms with Crippen LogP contribution in [0.2, 0.25) is 0 Å². The third-order valence-corrected chi connectivity index (χ3v) is 4.56. The normalized spacial score (nSPS) is 17.9. The molecule has 0 spiro atoms. The standard InChI is InChI=1S/C17H21N7O/c1-11-15(10-24(23-11)14-4-6-25-7-5-14)21-17-19-9-12(8-18)16(22-17)20-13-2-3-13/h9-10,13-14H,2-7H2,1H3,(H2,19,20,21,22). The molecule has 0 aromatic carbocycles. The molecule has 1 saturated carbocycles. The summed E-state index contributed by atoms with van der Waals surface area (Å²) < 4.78 is 7.42. The number of hydrogen-bond acceptors (Lipinski definition) is 7. The van der Waals surface area contributed by atoms with E-state index in [2.05, 4.69) is 31.8 Å². The van der Waals surface area contributed by atoms with Crippen molar-refractivity contribution in [2.24, 2.45) is 0 Å². The predicted molar refractivity (Wildman–Crippen MR) is 92.7 cm³/mol. The van der Waals surface area contributed by atoms with Crippen LogP contribution in [0.15, 0.2) is 12.4 Å². The van der Waals surface area contributed by atoms with E-state index in [0.717, 1.165) is 50.3 Å². The predicted octanol–water partition coefficient (Wildman–Crippen LogP) is 2.52. The molecule has 2 fully saturated rings. The summed E-state index contributed by atoms with van der Waals surface area (Å²) in [7, 11) is 0. The maximum Gasteiger partial charge on any atom is 0.229 e. The van der Waals surface area contributed by atoms with E-state index in [9.17, 15) is 5.26 Å². The van der Waals surface area contributed by atoms with Gasteiger partial charge in [0.15, 0.2) is 0 Å². The molecule has 4 rings (SSSR count). The van der Waals surface area contributed by atoms with Crippen molar-refractivity contribution in [3.8, 4) is 6.07 Å². The van der Waals surface area contributed by atoms with E-state index in [1.54, 1.807) is 6.20 Å². The number of rotatable bonds is 5. The van der Waals surface area contributed by atoms with E-state index in [0.29, 0.717) is 29.4 Å². The Morgan fingerprint density at radius 3 is 2.80 bits per heavy atom. The minimum atomic E-state index is 0.372. The van der Waals surface area contributed by atoms with Gasteiger partial charge < -0.3 is 15.4 Å². The number of nitrogens with one attached hydrogen (secondary N) is 2. The summed E-state index contributed by atoms with van der Waals surface area (Å²) in [6.07, 6.45) is 7.75. The molecule has 2 aromatic rings. The number of hydrogen-bond donors (Lipinski definition) is 2. The molecule has 0 atom stereocenters. The lowest BCUT2D eigenvalue weighted by molar-refractivity contribution is 0.0662. The van der Waals surface area contributed by atoms with E-state index in [1.807, 2.05) is 17.8 Å². The molecule has 2 aliphatic rings. The molecule has 1 aliphatic carbocycles. The first kappa shape index (κ1) is 15.8. The maximum absolute atomic E-state index is 9.21. The van der Waals surface area contributed by atoms with Gasteiger partial charge in [0, 0.05) is 25.5 Å². The fourth-order valence-electron chi connectivity index (χ4n) is 2.92. The first-order valence-corrected chi connectivity index (χ1v) is 8.67. The number of aromatic nitrogens is 4. The van der Waals surface area contributed by atoms with Crippen LogP contribution >= 0.6 is 0 Å². The number of aryl methyl sites for hydroxylation is 1. The van der Waals surface area contributed by atoms with Gasteiger partial charge in [-0.05, 0) is 32.6 Å². The zero-order valence-electron chi connectivity index (χ0n) is 14.2. The average molecular weight is 339 g/mol. The van der Waals surface area contributed by atoms with Crippen LogP contribution in [0.4, 0.5) is 17.5 Å². The third kappa shape index (κ3) is 3.56. The first-order chi connectivity index (χ1) is 12.2. The molecular weight excluding hydrogens is 318 g/mol. The van der Waals surface area contributed by atoms with E-state index in [1.165, 1.54) is 0 Å². The van der Waals surface area contributed by atoms with Gasteiger partial charge in [0.05, 0.1) is 23.6 Å². The van der Waals surface area contributed by atoms with Gasteiger partial charge in [-0.2, -0.15) is 15.3 Å². The van der Waals surface area contributed by atoms with E-state index in [4.69, 9.17) is 4.74 Å². The Morgan fingerprint density at radius 2 is 2.08 bits per heavy atom. The Bertz CT molecular complexity index is 800. The van der Waals surface area contributed by atoms with Crippen LogP contribution in [0.25, 0.3) is 0 Å². The van der Waals surface area contributed by atoms with Gasteiger partial charge in [0.2, 0.25) is 5.95 Å². The van der Waals surface area contributed by atoms with Crippen LogP contribution in [-0.2, 0) is 4.74 Å². The van der Waals surface area contributed by atoms with Crippen LogP contribution in [-0.4, -0.2) is 39.0 Å². The molecule has 1 aliphatic heterocycles. The lowest BCUT2D eigenvalue weighted by atomic mass is 10.1. The van der Waals surface area contributed by atoms with Gasteiger partial charge in [-0.1, -0.05) is 0 Å². The van der Waals surface area contributed by atoms with Gasteiger partial charge in [0.25, 0.3) is 0 Å². The molecule has 2 aromatic heterocycles. The summed E-state index contributed by atoms with van der Waals surface area (Å²) in [5.74, 6) is 1.06. The van der Waals surface area contributed by atoms with Crippen LogP contribution in [0.5, 0.6) is 0 Å². The number of nitriles is 1. The largest absolute Gasteiger partial charge is 0.381 e. The highest BCUT2D eigenvalue weighted by Gasteiger charge is 2.23. The lowest BCUT2D eigenvalue weighted by Gasteiger charge is -2.22. The molecule has 0 unspecified atom stereocenters. The van der Waals surface area contributed by atoms with Crippen molar-refractivity contribution in [1.82, 2.24) is 19.7 Å². The second kappa shape index (κ2) is 6.69. The SMILES string of the molecule is Cc1nn(C2CCOCC2)cc1Nc1ncc(C#N)c(NC2CC2)n1. The Hall–Kier alpha value is -2.66. The minimum Gasteiger partial charge on any atom is -0.381 e. The van der Waals surface area contributed by atoms with Crippen LogP contribution in [0.1, 0.15) is 43.0 Å². The molecule has 3 heterocycles. The molecular formula is C17H21N7O. The fraction of sp³-hybridized carbons (Fsp3) is 0.529. The topological polar surface area (TPSA) is 101 Å². The number of ether oxygens (including phenoxy) is 1. The molecule has 0 radical (unpaired) electrons. The van der Waals surface area contributed by atoms with Crippen molar-refractivity contribution in [2.45, 2.75) is 44.7 Å². The third-order valence-electron chi connectivity index (χ3n) is 4.56. The molecule has 2 N–H and O–H groups in total. The van der Waals surface area contributed by atoms with Gasteiger partial charge >= 0.3 is 0 Å². The molecule has 0 bridgehead atoms. The summed E-state index contributed by atoms with van der Waals surface area (Å²) in [5, 5.41) is 20.3. The molecule has 25 heavy (non-hydrogen) atoms. The van der Waals surface area contributed by atoms with Gasteiger partial charge in [-0.15, -0.1) is 0 Å². The van der Waals surface area contributed by atoms with Gasteiger partial charge in [-0.3, -0.25) is 4.68 Å². The van der Waals surface area contributed by atoms with Crippen LogP contribution in [0, 0.1) is 18.3 Å². The van der Waals surface area contributed by atoms with Crippen molar-refractivity contribution >= 4 is 17.5 Å². The average Bonchev–Trinajstić information content (AvgIpc) is 3.38. The molecule has 0 amide bonds. The summed E-state index contributed by atoms with van der Waals surface area (Å²) >= 11 is 0. The highest BCUT2D eigenvalue weighted by molar-refractivity contribution is 5.59. The second-order valence-electron chi connectivity index (χ2n) is 6.56. The quantitative estimate of drug-likeness (QED) is 0.863. The number of anilines is 3. The van der Waals surface area contributed by atoms with Crippen molar-refractivity contribution < 1.29 is 4.74 Å². The lowest BCUT2D eigenvalue weighted by Crippen LogP contribution is -2.19. The zero-order valence-corrected chi connectivity index (χ0v) is 14.2. The summed E-state index contributed by atoms with van der Waals surface area (Å²) in [6, 6.07) is 2.93. The summed E-state index contributed by atoms with van der Waals surface area (Å²) in [4.78, 5) is 8.72. The molecule has 8 nitrogen and oxygen atoms in total. The Balaban J connectivity index is 1.53. The summed E-state index contributed by atoms with van der Waals surface area (Å²) in [5.41, 5.74) is 2.25. The van der Waals surface area contributed by atoms with Crippen LogP contribution < -0.4 is 10.6 Å². The Labute approximate surface area is 146 Å². The first-order valence-electron chi connectivity index (χ1n) is 8.67. The van der Waals surface area contributed by atoms with Crippen molar-refractivity contribution in [1.29, 1.82) is 5.26 Å². The van der Waals surface area contributed by atoms with E-state index < -0.39 is 0 Å². The van der Waals surface area contributed by atoms with E-state index in [-0.39, 0.29) is 0 Å². The molecule has 1 saturated heterocycles. The highest BCUT2D eigenvalue weighted by atomic mass is 16.5. The Kier molecular flexibility index (Phi) is 4.24. The van der Waals surface area contributed by atoms with Gasteiger partial charge in [0.1, 0.15) is 17.5 Å². The van der Waals surface area contributed by atoms with Crippen molar-refractivity contribution in [3.05, 3.63) is 23.7 Å². The molecule has 8 heteroatoms. The summed E-state index contributed by atoms with van der Waals surface area (Å²) in [6.45, 7) is 3.52. The van der Waals surface area contributed by atoms with E-state index >= 15 is 0 Å². The monoisotopic (exact) mass is 339 g/mol. The van der Waals surface area contributed by atoms with Crippen LogP contribution in [0.3, 0.4) is 0 Å². The second-order valence-corrected chi connectivity index (χ2v) is 6.56. The fourth-order valence-corrected chi connectivity index (χ4v) is 2.92. The number of nitrogens with zero attached hydrogens (tertiary/aromatic N) is 5. The minimum absolute atomic E-state index is 0.372. The maximum atomic E-state index is 9.21. The highest BCUT2D eigenvalue weighted by Crippen LogP contribution is 2.27. The smallest absolute Gasteiger partial charge is 0.229 e. The van der Waals surface area contributed by atoms with Crippen molar-refractivity contribution in [3.63, 3.8) is 0 Å². The molecule has 130 valence electrons. The van der Waals surface area contributed by atoms with Crippen molar-refractivity contribution in [2.75, 3.05) is 23.8 Å². The zero-order chi connectivity index (χ0) is 17.2. The Morgan fingerprint density at radius 1 is 1.28 bits per heavy atom.